The number of aliphatic hydroxyl groups is 1. The van der Waals surface area contributed by atoms with Gasteiger partial charge in [-0.15, -0.1) is 0 Å². The monoisotopic (exact) mass is 301 g/mol. The summed E-state index contributed by atoms with van der Waals surface area (Å²) in [4.78, 5) is 10.5. The Hall–Kier alpha value is -1.14. The molecule has 0 radical (unpaired) electrons. The number of aliphatic hydroxyl groups excluding tert-OH is 1. The first kappa shape index (κ1) is 12.3. The van der Waals surface area contributed by atoms with Crippen LogP contribution in [0.3, 0.4) is 0 Å². The number of halogens is 1. The van der Waals surface area contributed by atoms with Gasteiger partial charge in [0.25, 0.3) is 0 Å². The number of benzene rings is 1. The second-order valence-electron chi connectivity index (χ2n) is 4.19. The Bertz CT molecular complexity index is 457. The highest BCUT2D eigenvalue weighted by Gasteiger charge is 2.31. The molecule has 1 fully saturated rings. The molecule has 92 valence electrons. The van der Waals surface area contributed by atoms with Crippen LogP contribution in [-0.4, -0.2) is 22.2 Å². The molecule has 0 amide bonds. The smallest absolute Gasteiger partial charge is 0.312 e. The van der Waals surface area contributed by atoms with Crippen molar-refractivity contribution in [2.24, 2.45) is 0 Å². The van der Waals surface area contributed by atoms with Gasteiger partial charge in [-0.25, -0.2) is 0 Å². The summed E-state index contributed by atoms with van der Waals surface area (Å²) in [6, 6.07) is 3.20. The van der Waals surface area contributed by atoms with Crippen molar-refractivity contribution in [3.63, 3.8) is 0 Å². The first-order valence-electron chi connectivity index (χ1n) is 5.26. The standard InChI is InChI=1S/C11H12BrNO4/c1-6-2-7(12)3-10(13(15)16)11(6)17-9-4-8(14)5-9/h2-3,8-9,14H,4-5H2,1H3. The maximum absolute atomic E-state index is 10.9. The molecule has 0 atom stereocenters. The molecule has 1 saturated carbocycles. The Kier molecular flexibility index (Phi) is 3.35. The van der Waals surface area contributed by atoms with Crippen molar-refractivity contribution in [1.29, 1.82) is 0 Å². The molecule has 5 nitrogen and oxygen atoms in total. The number of nitro groups is 1. The maximum Gasteiger partial charge on any atom is 0.312 e. The molecule has 17 heavy (non-hydrogen) atoms. The quantitative estimate of drug-likeness (QED) is 0.688. The van der Waals surface area contributed by atoms with Crippen molar-refractivity contribution in [2.75, 3.05) is 0 Å². The predicted molar refractivity (Wildman–Crippen MR) is 65.2 cm³/mol. The molecule has 2 rings (SSSR count). The van der Waals surface area contributed by atoms with E-state index in [2.05, 4.69) is 15.9 Å². The maximum atomic E-state index is 10.9. The fourth-order valence-electron chi connectivity index (χ4n) is 1.80. The lowest BCUT2D eigenvalue weighted by molar-refractivity contribution is -0.386. The van der Waals surface area contributed by atoms with Crippen LogP contribution in [0.15, 0.2) is 16.6 Å². The topological polar surface area (TPSA) is 72.6 Å². The molecule has 0 aliphatic heterocycles. The van der Waals surface area contributed by atoms with E-state index in [9.17, 15) is 10.1 Å². The summed E-state index contributed by atoms with van der Waals surface area (Å²) < 4.78 is 6.23. The third-order valence-corrected chi connectivity index (χ3v) is 3.23. The number of nitrogens with zero attached hydrogens (tertiary/aromatic N) is 1. The zero-order valence-corrected chi connectivity index (χ0v) is 10.8. The van der Waals surface area contributed by atoms with Crippen LogP contribution in [0.25, 0.3) is 0 Å². The van der Waals surface area contributed by atoms with Crippen molar-refractivity contribution in [3.8, 4) is 5.75 Å². The van der Waals surface area contributed by atoms with Gasteiger partial charge in [-0.1, -0.05) is 15.9 Å². The average Bonchev–Trinajstić information content (AvgIpc) is 2.18. The van der Waals surface area contributed by atoms with Crippen LogP contribution < -0.4 is 4.74 Å². The Labute approximate surface area is 107 Å². The number of rotatable bonds is 3. The summed E-state index contributed by atoms with van der Waals surface area (Å²) in [6.07, 6.45) is 0.609. The summed E-state index contributed by atoms with van der Waals surface area (Å²) in [5, 5.41) is 20.1. The second kappa shape index (κ2) is 4.62. The molecule has 0 unspecified atom stereocenters. The van der Waals surface area contributed by atoms with Crippen LogP contribution in [0.1, 0.15) is 18.4 Å². The number of hydrogen-bond donors (Lipinski definition) is 1. The largest absolute Gasteiger partial charge is 0.483 e. The predicted octanol–water partition coefficient (Wildman–Crippen LogP) is 2.57. The van der Waals surface area contributed by atoms with Crippen molar-refractivity contribution in [2.45, 2.75) is 32.0 Å². The summed E-state index contributed by atoms with van der Waals surface area (Å²) in [5.41, 5.74) is 0.672. The lowest BCUT2D eigenvalue weighted by Crippen LogP contribution is -2.37. The second-order valence-corrected chi connectivity index (χ2v) is 5.11. The van der Waals surface area contributed by atoms with E-state index < -0.39 is 4.92 Å². The third-order valence-electron chi connectivity index (χ3n) is 2.77. The zero-order valence-electron chi connectivity index (χ0n) is 9.22. The highest BCUT2D eigenvalue weighted by atomic mass is 79.9. The SMILES string of the molecule is Cc1cc(Br)cc([N+](=O)[O-])c1OC1CC(O)C1. The van der Waals surface area contributed by atoms with E-state index >= 15 is 0 Å². The van der Waals surface area contributed by atoms with Crippen LogP contribution in [0, 0.1) is 17.0 Å². The number of hydrogen-bond acceptors (Lipinski definition) is 4. The molecule has 1 aromatic carbocycles. The Morgan fingerprint density at radius 2 is 2.18 bits per heavy atom. The fraction of sp³-hybridized carbons (Fsp3) is 0.455. The number of nitro benzene ring substituents is 1. The summed E-state index contributed by atoms with van der Waals surface area (Å²) >= 11 is 3.22. The molecule has 0 saturated heterocycles. The molecule has 6 heteroatoms. The van der Waals surface area contributed by atoms with E-state index in [4.69, 9.17) is 9.84 Å². The normalized spacial score (nSPS) is 23.0. The minimum atomic E-state index is -0.456. The van der Waals surface area contributed by atoms with Crippen molar-refractivity contribution < 1.29 is 14.8 Å². The Balaban J connectivity index is 2.28. The van der Waals surface area contributed by atoms with Crippen LogP contribution >= 0.6 is 15.9 Å². The van der Waals surface area contributed by atoms with Gasteiger partial charge in [-0.3, -0.25) is 10.1 Å². The first-order valence-corrected chi connectivity index (χ1v) is 6.06. The summed E-state index contributed by atoms with van der Waals surface area (Å²) in [6.45, 7) is 1.77. The molecule has 1 aliphatic rings. The van der Waals surface area contributed by atoms with E-state index in [-0.39, 0.29) is 17.9 Å². The minimum absolute atomic E-state index is 0.0433. The fourth-order valence-corrected chi connectivity index (χ4v) is 2.36. The summed E-state index contributed by atoms with van der Waals surface area (Å²) in [5.74, 6) is 0.301. The number of aryl methyl sites for hydroxylation is 1. The van der Waals surface area contributed by atoms with Crippen molar-refractivity contribution in [1.82, 2.24) is 0 Å². The molecular formula is C11H12BrNO4. The van der Waals surface area contributed by atoms with E-state index in [1.165, 1.54) is 6.07 Å². The van der Waals surface area contributed by atoms with E-state index in [0.717, 1.165) is 0 Å². The van der Waals surface area contributed by atoms with Gasteiger partial charge in [0.2, 0.25) is 0 Å². The average molecular weight is 302 g/mol. The Morgan fingerprint density at radius 1 is 1.53 bits per heavy atom. The number of ether oxygens (including phenoxy) is 1. The van der Waals surface area contributed by atoms with E-state index in [1.54, 1.807) is 13.0 Å². The van der Waals surface area contributed by atoms with E-state index in [0.29, 0.717) is 28.6 Å². The van der Waals surface area contributed by atoms with Crippen LogP contribution in [0.4, 0.5) is 5.69 Å². The molecule has 1 aliphatic carbocycles. The lowest BCUT2D eigenvalue weighted by Gasteiger charge is -2.31. The molecule has 0 aromatic heterocycles. The van der Waals surface area contributed by atoms with Gasteiger partial charge in [0.1, 0.15) is 6.10 Å². The van der Waals surface area contributed by atoms with Crippen LogP contribution in [-0.2, 0) is 0 Å². The molecule has 0 spiro atoms. The van der Waals surface area contributed by atoms with Crippen LogP contribution in [0.2, 0.25) is 0 Å². The highest BCUT2D eigenvalue weighted by Crippen LogP contribution is 2.37. The third kappa shape index (κ3) is 2.58. The van der Waals surface area contributed by atoms with Crippen LogP contribution in [0.5, 0.6) is 5.75 Å². The molecule has 0 heterocycles. The van der Waals surface area contributed by atoms with Gasteiger partial charge >= 0.3 is 5.69 Å². The van der Waals surface area contributed by atoms with Gasteiger partial charge in [0, 0.05) is 23.4 Å². The molecule has 1 aromatic rings. The molecule has 0 bridgehead atoms. The zero-order chi connectivity index (χ0) is 12.6. The molecule has 1 N–H and O–H groups in total. The first-order chi connectivity index (χ1) is 7.97. The van der Waals surface area contributed by atoms with Gasteiger partial charge < -0.3 is 9.84 Å². The highest BCUT2D eigenvalue weighted by molar-refractivity contribution is 9.10. The van der Waals surface area contributed by atoms with Crippen molar-refractivity contribution >= 4 is 21.6 Å². The van der Waals surface area contributed by atoms with Crippen molar-refractivity contribution in [3.05, 3.63) is 32.3 Å². The minimum Gasteiger partial charge on any atom is -0.483 e. The van der Waals surface area contributed by atoms with Gasteiger partial charge in [0.15, 0.2) is 5.75 Å². The van der Waals surface area contributed by atoms with Gasteiger partial charge in [-0.2, -0.15) is 0 Å². The van der Waals surface area contributed by atoms with Gasteiger partial charge in [0.05, 0.1) is 11.0 Å². The Morgan fingerprint density at radius 3 is 2.71 bits per heavy atom. The van der Waals surface area contributed by atoms with E-state index in [1.807, 2.05) is 0 Å². The van der Waals surface area contributed by atoms with Gasteiger partial charge in [-0.05, 0) is 18.6 Å². The molecular weight excluding hydrogens is 290 g/mol. The lowest BCUT2D eigenvalue weighted by atomic mass is 9.92. The summed E-state index contributed by atoms with van der Waals surface area (Å²) in [7, 11) is 0.